The second kappa shape index (κ2) is 6.33. The van der Waals surface area contributed by atoms with E-state index in [1.165, 1.54) is 5.01 Å². The highest BCUT2D eigenvalue weighted by molar-refractivity contribution is 7.09. The third kappa shape index (κ3) is 4.60. The summed E-state index contributed by atoms with van der Waals surface area (Å²) >= 11 is 1.74. The van der Waals surface area contributed by atoms with Gasteiger partial charge in [0.15, 0.2) is 0 Å². The van der Waals surface area contributed by atoms with Crippen LogP contribution in [0.2, 0.25) is 0 Å². The number of hydrogen-bond donors (Lipinski definition) is 1. The van der Waals surface area contributed by atoms with E-state index in [9.17, 15) is 0 Å². The fraction of sp³-hybridized carbons (Fsp3) is 0.750. The van der Waals surface area contributed by atoms with E-state index in [1.807, 2.05) is 6.92 Å². The van der Waals surface area contributed by atoms with Crippen molar-refractivity contribution in [1.82, 2.24) is 10.3 Å². The molecule has 4 heteroatoms. The molecule has 0 aliphatic rings. The SMILES string of the molecule is CCOC(C)(C)CNCc1csc(CC)n1. The molecule has 92 valence electrons. The van der Waals surface area contributed by atoms with E-state index in [0.29, 0.717) is 0 Å². The number of ether oxygens (including phenoxy) is 1. The summed E-state index contributed by atoms with van der Waals surface area (Å²) in [5.41, 5.74) is 1.03. The number of nitrogens with zero attached hydrogens (tertiary/aromatic N) is 1. The van der Waals surface area contributed by atoms with Crippen molar-refractivity contribution in [3.63, 3.8) is 0 Å². The molecule has 1 aromatic heterocycles. The largest absolute Gasteiger partial charge is 0.375 e. The van der Waals surface area contributed by atoms with E-state index >= 15 is 0 Å². The molecule has 0 bridgehead atoms. The molecule has 1 aromatic rings. The Kier molecular flexibility index (Phi) is 5.38. The molecule has 16 heavy (non-hydrogen) atoms. The number of rotatable bonds is 7. The Bertz CT molecular complexity index is 310. The van der Waals surface area contributed by atoms with Gasteiger partial charge in [-0.2, -0.15) is 0 Å². The molecule has 0 aromatic carbocycles. The maximum Gasteiger partial charge on any atom is 0.0926 e. The van der Waals surface area contributed by atoms with Crippen LogP contribution in [0.3, 0.4) is 0 Å². The lowest BCUT2D eigenvalue weighted by Gasteiger charge is -2.24. The van der Waals surface area contributed by atoms with Gasteiger partial charge in [0.25, 0.3) is 0 Å². The monoisotopic (exact) mass is 242 g/mol. The van der Waals surface area contributed by atoms with E-state index < -0.39 is 0 Å². The Morgan fingerprint density at radius 3 is 2.75 bits per heavy atom. The van der Waals surface area contributed by atoms with Gasteiger partial charge in [0.05, 0.1) is 16.3 Å². The van der Waals surface area contributed by atoms with Crippen molar-refractivity contribution >= 4 is 11.3 Å². The number of hydrogen-bond acceptors (Lipinski definition) is 4. The van der Waals surface area contributed by atoms with Gasteiger partial charge in [-0.25, -0.2) is 4.98 Å². The second-order valence-electron chi connectivity index (χ2n) is 4.38. The first-order chi connectivity index (χ1) is 7.57. The fourth-order valence-electron chi connectivity index (χ4n) is 1.53. The maximum atomic E-state index is 5.61. The van der Waals surface area contributed by atoms with Gasteiger partial charge in [0.2, 0.25) is 0 Å². The summed E-state index contributed by atoms with van der Waals surface area (Å²) in [6.07, 6.45) is 1.02. The summed E-state index contributed by atoms with van der Waals surface area (Å²) < 4.78 is 5.61. The number of aryl methyl sites for hydroxylation is 1. The molecule has 0 saturated carbocycles. The van der Waals surface area contributed by atoms with Crippen LogP contribution in [0.5, 0.6) is 0 Å². The zero-order chi connectivity index (χ0) is 12.0. The standard InChI is InChI=1S/C12H22N2OS/c1-5-11-14-10(8-16-11)7-13-9-12(3,4)15-6-2/h8,13H,5-7,9H2,1-4H3. The quantitative estimate of drug-likeness (QED) is 0.798. The molecule has 0 aliphatic carbocycles. The first-order valence-electron chi connectivity index (χ1n) is 5.85. The summed E-state index contributed by atoms with van der Waals surface area (Å²) in [7, 11) is 0. The van der Waals surface area contributed by atoms with Crippen molar-refractivity contribution in [2.75, 3.05) is 13.2 Å². The molecular formula is C12H22N2OS. The van der Waals surface area contributed by atoms with Crippen LogP contribution in [0.25, 0.3) is 0 Å². The molecule has 0 amide bonds. The highest BCUT2D eigenvalue weighted by Crippen LogP contribution is 2.11. The smallest absolute Gasteiger partial charge is 0.0926 e. The third-order valence-corrected chi connectivity index (χ3v) is 3.34. The Labute approximate surface area is 102 Å². The molecule has 0 unspecified atom stereocenters. The second-order valence-corrected chi connectivity index (χ2v) is 5.33. The summed E-state index contributed by atoms with van der Waals surface area (Å²) in [6, 6.07) is 0. The van der Waals surface area contributed by atoms with Crippen molar-refractivity contribution in [2.45, 2.75) is 46.3 Å². The van der Waals surface area contributed by atoms with Crippen molar-refractivity contribution in [3.05, 3.63) is 16.1 Å². The molecule has 0 saturated heterocycles. The van der Waals surface area contributed by atoms with Gasteiger partial charge in [-0.05, 0) is 27.2 Å². The highest BCUT2D eigenvalue weighted by atomic mass is 32.1. The van der Waals surface area contributed by atoms with Crippen LogP contribution in [-0.4, -0.2) is 23.7 Å². The normalized spacial score (nSPS) is 12.0. The molecule has 0 radical (unpaired) electrons. The molecule has 0 spiro atoms. The van der Waals surface area contributed by atoms with E-state index in [1.54, 1.807) is 11.3 Å². The average Bonchev–Trinajstić information content (AvgIpc) is 2.65. The molecule has 1 rings (SSSR count). The van der Waals surface area contributed by atoms with Gasteiger partial charge in [0, 0.05) is 25.1 Å². The Morgan fingerprint density at radius 2 is 2.19 bits per heavy atom. The van der Waals surface area contributed by atoms with Gasteiger partial charge in [-0.1, -0.05) is 6.92 Å². The summed E-state index contributed by atoms with van der Waals surface area (Å²) in [5.74, 6) is 0. The maximum absolute atomic E-state index is 5.61. The molecule has 1 heterocycles. The van der Waals surface area contributed by atoms with Crippen LogP contribution in [0.15, 0.2) is 5.38 Å². The molecule has 1 N–H and O–H groups in total. The highest BCUT2D eigenvalue weighted by Gasteiger charge is 2.16. The minimum absolute atomic E-state index is 0.0989. The third-order valence-electron chi connectivity index (χ3n) is 2.29. The van der Waals surface area contributed by atoms with Crippen LogP contribution < -0.4 is 5.32 Å². The van der Waals surface area contributed by atoms with Gasteiger partial charge in [0.1, 0.15) is 0 Å². The van der Waals surface area contributed by atoms with Crippen LogP contribution in [0, 0.1) is 0 Å². The molecule has 3 nitrogen and oxygen atoms in total. The molecule has 0 fully saturated rings. The molecule has 0 aliphatic heterocycles. The molecule has 0 atom stereocenters. The number of aromatic nitrogens is 1. The Morgan fingerprint density at radius 1 is 1.44 bits per heavy atom. The van der Waals surface area contributed by atoms with Crippen molar-refractivity contribution < 1.29 is 4.74 Å². The van der Waals surface area contributed by atoms with Crippen LogP contribution in [0.4, 0.5) is 0 Å². The zero-order valence-corrected chi connectivity index (χ0v) is 11.5. The van der Waals surface area contributed by atoms with Gasteiger partial charge >= 0.3 is 0 Å². The van der Waals surface area contributed by atoms with Gasteiger partial charge in [-0.15, -0.1) is 11.3 Å². The predicted octanol–water partition coefficient (Wildman–Crippen LogP) is 2.61. The summed E-state index contributed by atoms with van der Waals surface area (Å²) in [4.78, 5) is 4.51. The van der Waals surface area contributed by atoms with Crippen molar-refractivity contribution in [2.24, 2.45) is 0 Å². The Balaban J connectivity index is 2.29. The van der Waals surface area contributed by atoms with E-state index in [2.05, 4.69) is 36.5 Å². The first-order valence-corrected chi connectivity index (χ1v) is 6.73. The van der Waals surface area contributed by atoms with E-state index in [0.717, 1.165) is 31.8 Å². The summed E-state index contributed by atoms with van der Waals surface area (Å²) in [5, 5.41) is 6.72. The number of nitrogens with one attached hydrogen (secondary N) is 1. The minimum atomic E-state index is -0.0989. The van der Waals surface area contributed by atoms with Crippen molar-refractivity contribution in [1.29, 1.82) is 0 Å². The van der Waals surface area contributed by atoms with Crippen LogP contribution in [0.1, 0.15) is 38.4 Å². The lowest BCUT2D eigenvalue weighted by atomic mass is 10.1. The predicted molar refractivity (Wildman–Crippen MR) is 68.9 cm³/mol. The van der Waals surface area contributed by atoms with Gasteiger partial charge in [-0.3, -0.25) is 0 Å². The number of thiazole rings is 1. The summed E-state index contributed by atoms with van der Waals surface area (Å²) in [6.45, 7) is 10.8. The fourth-order valence-corrected chi connectivity index (χ4v) is 2.27. The van der Waals surface area contributed by atoms with Gasteiger partial charge < -0.3 is 10.1 Å². The zero-order valence-electron chi connectivity index (χ0n) is 10.7. The van der Waals surface area contributed by atoms with Crippen LogP contribution in [-0.2, 0) is 17.7 Å². The lowest BCUT2D eigenvalue weighted by Crippen LogP contribution is -2.37. The van der Waals surface area contributed by atoms with Crippen LogP contribution >= 0.6 is 11.3 Å². The van der Waals surface area contributed by atoms with E-state index in [4.69, 9.17) is 4.74 Å². The topological polar surface area (TPSA) is 34.1 Å². The molecular weight excluding hydrogens is 220 g/mol. The first kappa shape index (κ1) is 13.6. The minimum Gasteiger partial charge on any atom is -0.375 e. The Hall–Kier alpha value is -0.450. The average molecular weight is 242 g/mol. The van der Waals surface area contributed by atoms with Crippen molar-refractivity contribution in [3.8, 4) is 0 Å². The van der Waals surface area contributed by atoms with E-state index in [-0.39, 0.29) is 5.60 Å². The lowest BCUT2D eigenvalue weighted by molar-refractivity contribution is -0.00901.